The third-order valence-electron chi connectivity index (χ3n) is 2.78. The topological polar surface area (TPSA) is 74.9 Å². The van der Waals surface area contributed by atoms with Gasteiger partial charge in [0.05, 0.1) is 18.5 Å². The molecule has 0 atom stereocenters. The van der Waals surface area contributed by atoms with Gasteiger partial charge >= 0.3 is 0 Å². The minimum Gasteiger partial charge on any atom is -0.441 e. The number of H-pyrrole nitrogens is 1. The Morgan fingerprint density at radius 2 is 2.28 bits per heavy atom. The lowest BCUT2D eigenvalue weighted by Gasteiger charge is -1.96. The van der Waals surface area contributed by atoms with Crippen molar-refractivity contribution in [2.75, 3.05) is 6.61 Å². The molecule has 0 amide bonds. The van der Waals surface area contributed by atoms with Crippen LogP contribution in [0.15, 0.2) is 28.8 Å². The third kappa shape index (κ3) is 1.89. The lowest BCUT2D eigenvalue weighted by molar-refractivity contribution is 0.297. The van der Waals surface area contributed by atoms with Gasteiger partial charge in [-0.3, -0.25) is 0 Å². The molecule has 0 fully saturated rings. The highest BCUT2D eigenvalue weighted by Gasteiger charge is 2.07. The third-order valence-corrected chi connectivity index (χ3v) is 2.78. The predicted octanol–water partition coefficient (Wildman–Crippen LogP) is 2.06. The van der Waals surface area contributed by atoms with Crippen LogP contribution in [0.2, 0.25) is 0 Å². The Morgan fingerprint density at radius 3 is 3.11 bits per heavy atom. The molecule has 3 aromatic rings. The van der Waals surface area contributed by atoms with E-state index in [2.05, 4.69) is 15.0 Å². The smallest absolute Gasteiger partial charge is 0.192 e. The first-order valence-corrected chi connectivity index (χ1v) is 5.78. The zero-order chi connectivity index (χ0) is 12.5. The van der Waals surface area contributed by atoms with E-state index in [1.165, 1.54) is 0 Å². The molecule has 5 nitrogen and oxygen atoms in total. The van der Waals surface area contributed by atoms with Crippen LogP contribution in [-0.4, -0.2) is 26.7 Å². The number of rotatable bonds is 3. The Hall–Kier alpha value is -2.14. The number of aromatic amines is 1. The molecule has 2 heterocycles. The van der Waals surface area contributed by atoms with Crippen molar-refractivity contribution in [3.05, 3.63) is 36.1 Å². The van der Waals surface area contributed by atoms with Crippen LogP contribution in [-0.2, 0) is 6.42 Å². The van der Waals surface area contributed by atoms with E-state index in [1.54, 1.807) is 6.20 Å². The van der Waals surface area contributed by atoms with Crippen LogP contribution < -0.4 is 0 Å². The van der Waals surface area contributed by atoms with Crippen LogP contribution in [0.25, 0.3) is 22.4 Å². The van der Waals surface area contributed by atoms with Crippen molar-refractivity contribution in [1.29, 1.82) is 0 Å². The molecular formula is C13H13N3O2. The first kappa shape index (κ1) is 11.0. The van der Waals surface area contributed by atoms with Crippen LogP contribution in [0, 0.1) is 6.92 Å². The molecule has 5 heteroatoms. The molecule has 92 valence electrons. The van der Waals surface area contributed by atoms with E-state index in [9.17, 15) is 0 Å². The summed E-state index contributed by atoms with van der Waals surface area (Å²) in [4.78, 5) is 11.6. The molecule has 0 unspecified atom stereocenters. The second kappa shape index (κ2) is 4.27. The molecule has 0 aliphatic carbocycles. The summed E-state index contributed by atoms with van der Waals surface area (Å²) < 4.78 is 5.50. The number of fused-ring (bicyclic) bond motifs is 1. The van der Waals surface area contributed by atoms with E-state index < -0.39 is 0 Å². The van der Waals surface area contributed by atoms with Gasteiger partial charge in [-0.15, -0.1) is 0 Å². The number of benzene rings is 1. The summed E-state index contributed by atoms with van der Waals surface area (Å²) in [5.41, 5.74) is 3.53. The van der Waals surface area contributed by atoms with Gasteiger partial charge in [0.15, 0.2) is 11.5 Å². The summed E-state index contributed by atoms with van der Waals surface area (Å²) in [5, 5.41) is 8.86. The number of aryl methyl sites for hydroxylation is 1. The number of oxazole rings is 1. The van der Waals surface area contributed by atoms with E-state index in [0.717, 1.165) is 28.2 Å². The van der Waals surface area contributed by atoms with Crippen LogP contribution >= 0.6 is 0 Å². The summed E-state index contributed by atoms with van der Waals surface area (Å²) in [6.07, 6.45) is 2.29. The molecule has 1 aromatic carbocycles. The Bertz CT molecular complexity index is 684. The van der Waals surface area contributed by atoms with Crippen molar-refractivity contribution < 1.29 is 9.52 Å². The van der Waals surface area contributed by atoms with Gasteiger partial charge in [-0.2, -0.15) is 0 Å². The average molecular weight is 243 g/mol. The fourth-order valence-electron chi connectivity index (χ4n) is 1.95. The number of hydrogen-bond acceptors (Lipinski definition) is 4. The average Bonchev–Trinajstić information content (AvgIpc) is 2.93. The van der Waals surface area contributed by atoms with Gasteiger partial charge in [0.2, 0.25) is 0 Å². The minimum absolute atomic E-state index is 0.0906. The maximum Gasteiger partial charge on any atom is 0.192 e. The molecule has 2 aromatic heterocycles. The molecule has 18 heavy (non-hydrogen) atoms. The van der Waals surface area contributed by atoms with E-state index >= 15 is 0 Å². The van der Waals surface area contributed by atoms with Crippen LogP contribution in [0.5, 0.6) is 0 Å². The molecular weight excluding hydrogens is 230 g/mol. The molecule has 0 aliphatic heterocycles. The number of aromatic nitrogens is 3. The second-order valence-electron chi connectivity index (χ2n) is 4.13. The normalized spacial score (nSPS) is 11.2. The van der Waals surface area contributed by atoms with Gasteiger partial charge in [-0.05, 0) is 12.1 Å². The van der Waals surface area contributed by atoms with Gasteiger partial charge in [-0.25, -0.2) is 9.97 Å². The van der Waals surface area contributed by atoms with Crippen molar-refractivity contribution in [2.45, 2.75) is 13.3 Å². The summed E-state index contributed by atoms with van der Waals surface area (Å²) in [6, 6.07) is 5.83. The number of hydrogen-bond donors (Lipinski definition) is 2. The van der Waals surface area contributed by atoms with E-state index in [4.69, 9.17) is 9.52 Å². The number of nitrogens with zero attached hydrogens (tertiary/aromatic N) is 2. The zero-order valence-corrected chi connectivity index (χ0v) is 9.97. The van der Waals surface area contributed by atoms with Gasteiger partial charge in [0, 0.05) is 18.9 Å². The molecule has 0 bridgehead atoms. The Balaban J connectivity index is 2.01. The minimum atomic E-state index is 0.0906. The second-order valence-corrected chi connectivity index (χ2v) is 4.13. The van der Waals surface area contributed by atoms with Crippen LogP contribution in [0.1, 0.15) is 11.7 Å². The van der Waals surface area contributed by atoms with Gasteiger partial charge < -0.3 is 14.5 Å². The lowest BCUT2D eigenvalue weighted by Crippen LogP contribution is -1.92. The standard InChI is InChI=1S/C13H13N3O2/c1-8-15-10-3-2-9(6-12(10)18-8)11-7-14-13(16-11)4-5-17/h2-3,6-7,17H,4-5H2,1H3,(H,14,16). The fourth-order valence-corrected chi connectivity index (χ4v) is 1.95. The molecule has 3 rings (SSSR count). The summed E-state index contributed by atoms with van der Waals surface area (Å²) in [7, 11) is 0. The van der Waals surface area contributed by atoms with Crippen molar-refractivity contribution >= 4 is 11.1 Å². The Morgan fingerprint density at radius 1 is 1.39 bits per heavy atom. The van der Waals surface area contributed by atoms with Gasteiger partial charge in [-0.1, -0.05) is 6.07 Å². The maximum absolute atomic E-state index is 8.86. The Labute approximate surface area is 104 Å². The molecule has 2 N–H and O–H groups in total. The maximum atomic E-state index is 8.86. The first-order chi connectivity index (χ1) is 8.76. The Kier molecular flexibility index (Phi) is 2.60. The SMILES string of the molecule is Cc1nc2ccc(-c3cnc(CCO)[nH]3)cc2o1. The van der Waals surface area contributed by atoms with Crippen molar-refractivity contribution in [3.63, 3.8) is 0 Å². The van der Waals surface area contributed by atoms with E-state index in [0.29, 0.717) is 12.3 Å². The summed E-state index contributed by atoms with van der Waals surface area (Å²) in [5.74, 6) is 1.44. The first-order valence-electron chi connectivity index (χ1n) is 5.78. The highest BCUT2D eigenvalue weighted by atomic mass is 16.3. The summed E-state index contributed by atoms with van der Waals surface area (Å²) >= 11 is 0. The highest BCUT2D eigenvalue weighted by molar-refractivity contribution is 5.79. The molecule has 0 radical (unpaired) electrons. The van der Waals surface area contributed by atoms with Crippen LogP contribution in [0.4, 0.5) is 0 Å². The monoisotopic (exact) mass is 243 g/mol. The van der Waals surface area contributed by atoms with Crippen molar-refractivity contribution in [3.8, 4) is 11.3 Å². The number of aliphatic hydroxyl groups is 1. The number of imidazole rings is 1. The molecule has 0 saturated carbocycles. The largest absolute Gasteiger partial charge is 0.441 e. The molecule has 0 spiro atoms. The number of nitrogens with one attached hydrogen (secondary N) is 1. The van der Waals surface area contributed by atoms with E-state index in [1.807, 2.05) is 25.1 Å². The number of aliphatic hydroxyl groups excluding tert-OH is 1. The van der Waals surface area contributed by atoms with Crippen molar-refractivity contribution in [1.82, 2.24) is 15.0 Å². The van der Waals surface area contributed by atoms with E-state index in [-0.39, 0.29) is 6.61 Å². The zero-order valence-electron chi connectivity index (χ0n) is 9.97. The quantitative estimate of drug-likeness (QED) is 0.738. The van der Waals surface area contributed by atoms with Gasteiger partial charge in [0.25, 0.3) is 0 Å². The van der Waals surface area contributed by atoms with Crippen LogP contribution in [0.3, 0.4) is 0 Å². The van der Waals surface area contributed by atoms with Gasteiger partial charge in [0.1, 0.15) is 11.3 Å². The predicted molar refractivity (Wildman–Crippen MR) is 67.1 cm³/mol. The molecule has 0 saturated heterocycles. The van der Waals surface area contributed by atoms with Crippen molar-refractivity contribution in [2.24, 2.45) is 0 Å². The highest BCUT2D eigenvalue weighted by Crippen LogP contribution is 2.23. The molecule has 0 aliphatic rings. The fraction of sp³-hybridized carbons (Fsp3) is 0.231. The lowest BCUT2D eigenvalue weighted by atomic mass is 10.1. The summed E-state index contributed by atoms with van der Waals surface area (Å²) in [6.45, 7) is 1.92.